The molecule has 1 heterocycles. The van der Waals surface area contributed by atoms with Gasteiger partial charge in [-0.05, 0) is 51.3 Å². The van der Waals surface area contributed by atoms with Crippen molar-refractivity contribution < 1.29 is 0 Å². The molecule has 0 unspecified atom stereocenters. The van der Waals surface area contributed by atoms with Gasteiger partial charge in [-0.1, -0.05) is 20.8 Å². The summed E-state index contributed by atoms with van der Waals surface area (Å²) in [6.07, 6.45) is 3.98. The van der Waals surface area contributed by atoms with Gasteiger partial charge in [0, 0.05) is 18.7 Å². The minimum atomic E-state index is 0.736. The molecule has 0 amide bonds. The predicted molar refractivity (Wildman–Crippen MR) is 86.9 cm³/mol. The van der Waals surface area contributed by atoms with Crippen LogP contribution >= 0.6 is 0 Å². The minimum absolute atomic E-state index is 0.736. The van der Waals surface area contributed by atoms with Crippen molar-refractivity contribution in [3.63, 3.8) is 0 Å². The summed E-state index contributed by atoms with van der Waals surface area (Å²) in [6, 6.07) is 3.96. The molecule has 4 heteroatoms. The highest BCUT2D eigenvalue weighted by atomic mass is 15.1. The van der Waals surface area contributed by atoms with E-state index in [1.165, 1.54) is 19.5 Å². The number of nitrogen functional groups attached to an aromatic ring is 1. The molecule has 2 N–H and O–H groups in total. The van der Waals surface area contributed by atoms with Crippen molar-refractivity contribution in [1.29, 1.82) is 0 Å². The SMILES string of the molecule is CCN(CC)CCCN(CC)CCc1ccc(N)cn1. The van der Waals surface area contributed by atoms with Crippen LogP contribution in [-0.4, -0.2) is 54.1 Å². The molecule has 0 fully saturated rings. The largest absolute Gasteiger partial charge is 0.397 e. The first-order valence-corrected chi connectivity index (χ1v) is 7.84. The summed E-state index contributed by atoms with van der Waals surface area (Å²) in [5.41, 5.74) is 7.51. The summed E-state index contributed by atoms with van der Waals surface area (Å²) < 4.78 is 0. The normalized spacial score (nSPS) is 11.4. The lowest BCUT2D eigenvalue weighted by Crippen LogP contribution is -2.31. The van der Waals surface area contributed by atoms with Gasteiger partial charge in [0.25, 0.3) is 0 Å². The smallest absolute Gasteiger partial charge is 0.0501 e. The second-order valence-electron chi connectivity index (χ2n) is 5.15. The molecule has 114 valence electrons. The molecular formula is C16H30N4. The molecule has 4 nitrogen and oxygen atoms in total. The zero-order valence-electron chi connectivity index (χ0n) is 13.3. The summed E-state index contributed by atoms with van der Waals surface area (Å²) in [7, 11) is 0. The van der Waals surface area contributed by atoms with Gasteiger partial charge in [-0.25, -0.2) is 0 Å². The van der Waals surface area contributed by atoms with Gasteiger partial charge in [0.2, 0.25) is 0 Å². The fourth-order valence-corrected chi connectivity index (χ4v) is 2.34. The van der Waals surface area contributed by atoms with E-state index in [-0.39, 0.29) is 0 Å². The van der Waals surface area contributed by atoms with E-state index in [2.05, 4.69) is 35.6 Å². The minimum Gasteiger partial charge on any atom is -0.397 e. The number of likely N-dealkylation sites (N-methyl/N-ethyl adjacent to an activating group) is 1. The number of anilines is 1. The lowest BCUT2D eigenvalue weighted by Gasteiger charge is -2.23. The molecule has 0 aliphatic rings. The Balaban J connectivity index is 2.27. The first kappa shape index (κ1) is 16.9. The van der Waals surface area contributed by atoms with E-state index in [0.29, 0.717) is 0 Å². The fourth-order valence-electron chi connectivity index (χ4n) is 2.34. The van der Waals surface area contributed by atoms with Crippen LogP contribution in [-0.2, 0) is 6.42 Å². The van der Waals surface area contributed by atoms with E-state index < -0.39 is 0 Å². The van der Waals surface area contributed by atoms with E-state index in [1.54, 1.807) is 6.20 Å². The van der Waals surface area contributed by atoms with Gasteiger partial charge in [-0.3, -0.25) is 4.98 Å². The Morgan fingerprint density at radius 3 is 2.15 bits per heavy atom. The molecule has 0 aromatic carbocycles. The fraction of sp³-hybridized carbons (Fsp3) is 0.688. The summed E-state index contributed by atoms with van der Waals surface area (Å²) in [4.78, 5) is 9.34. The van der Waals surface area contributed by atoms with E-state index >= 15 is 0 Å². The summed E-state index contributed by atoms with van der Waals surface area (Å²) in [5, 5.41) is 0. The lowest BCUT2D eigenvalue weighted by atomic mass is 10.2. The van der Waals surface area contributed by atoms with Crippen molar-refractivity contribution in [2.45, 2.75) is 33.6 Å². The number of nitrogens with two attached hydrogens (primary N) is 1. The quantitative estimate of drug-likeness (QED) is 0.713. The Labute approximate surface area is 124 Å². The highest BCUT2D eigenvalue weighted by Gasteiger charge is 2.05. The van der Waals surface area contributed by atoms with Crippen LogP contribution in [0.3, 0.4) is 0 Å². The topological polar surface area (TPSA) is 45.4 Å². The van der Waals surface area contributed by atoms with Crippen LogP contribution in [0.2, 0.25) is 0 Å². The van der Waals surface area contributed by atoms with Crippen LogP contribution < -0.4 is 5.73 Å². The molecular weight excluding hydrogens is 248 g/mol. The standard InChI is InChI=1S/C16H30N4/c1-4-19(5-2)11-7-12-20(6-3)13-10-16-9-8-15(17)14-18-16/h8-9,14H,4-7,10-13,17H2,1-3H3. The van der Waals surface area contributed by atoms with Crippen LogP contribution in [0.4, 0.5) is 5.69 Å². The third-order valence-electron chi connectivity index (χ3n) is 3.82. The second-order valence-corrected chi connectivity index (χ2v) is 5.15. The monoisotopic (exact) mass is 278 g/mol. The van der Waals surface area contributed by atoms with Crippen molar-refractivity contribution >= 4 is 5.69 Å². The number of rotatable bonds is 10. The number of hydrogen-bond acceptors (Lipinski definition) is 4. The van der Waals surface area contributed by atoms with Crippen LogP contribution in [0.15, 0.2) is 18.3 Å². The maximum atomic E-state index is 5.65. The van der Waals surface area contributed by atoms with Gasteiger partial charge in [0.05, 0.1) is 11.9 Å². The maximum absolute atomic E-state index is 5.65. The van der Waals surface area contributed by atoms with E-state index in [4.69, 9.17) is 5.73 Å². The molecule has 0 radical (unpaired) electrons. The van der Waals surface area contributed by atoms with Crippen LogP contribution in [0.25, 0.3) is 0 Å². The molecule has 1 aromatic rings. The number of hydrogen-bond donors (Lipinski definition) is 1. The van der Waals surface area contributed by atoms with Crippen LogP contribution in [0, 0.1) is 0 Å². The maximum Gasteiger partial charge on any atom is 0.0501 e. The van der Waals surface area contributed by atoms with Gasteiger partial charge < -0.3 is 15.5 Å². The van der Waals surface area contributed by atoms with Crippen LogP contribution in [0.1, 0.15) is 32.9 Å². The van der Waals surface area contributed by atoms with Crippen molar-refractivity contribution in [2.75, 3.05) is 45.0 Å². The van der Waals surface area contributed by atoms with Gasteiger partial charge >= 0.3 is 0 Å². The van der Waals surface area contributed by atoms with E-state index in [0.717, 1.165) is 44.0 Å². The molecule has 0 aliphatic heterocycles. The molecule has 1 aromatic heterocycles. The van der Waals surface area contributed by atoms with E-state index in [1.807, 2.05) is 12.1 Å². The average Bonchev–Trinajstić information content (AvgIpc) is 2.48. The van der Waals surface area contributed by atoms with Gasteiger partial charge in [0.1, 0.15) is 0 Å². The van der Waals surface area contributed by atoms with Gasteiger partial charge in [0.15, 0.2) is 0 Å². The summed E-state index contributed by atoms with van der Waals surface area (Å²) >= 11 is 0. The number of nitrogens with zero attached hydrogens (tertiary/aromatic N) is 3. The zero-order valence-corrected chi connectivity index (χ0v) is 13.3. The predicted octanol–water partition coefficient (Wildman–Crippen LogP) is 2.26. The van der Waals surface area contributed by atoms with Gasteiger partial charge in [-0.15, -0.1) is 0 Å². The first-order chi connectivity index (χ1) is 9.69. The van der Waals surface area contributed by atoms with Crippen LogP contribution in [0.5, 0.6) is 0 Å². The Bertz CT molecular complexity index is 346. The Morgan fingerprint density at radius 2 is 1.60 bits per heavy atom. The van der Waals surface area contributed by atoms with Crippen molar-refractivity contribution in [1.82, 2.24) is 14.8 Å². The third kappa shape index (κ3) is 6.35. The molecule has 0 saturated heterocycles. The first-order valence-electron chi connectivity index (χ1n) is 7.84. The molecule has 20 heavy (non-hydrogen) atoms. The summed E-state index contributed by atoms with van der Waals surface area (Å²) in [5.74, 6) is 0. The Kier molecular flexibility index (Phi) is 8.23. The molecule has 0 bridgehead atoms. The molecule has 0 atom stereocenters. The third-order valence-corrected chi connectivity index (χ3v) is 3.82. The molecule has 1 rings (SSSR count). The summed E-state index contributed by atoms with van der Waals surface area (Å²) in [6.45, 7) is 13.5. The van der Waals surface area contributed by atoms with Crippen molar-refractivity contribution in [3.8, 4) is 0 Å². The lowest BCUT2D eigenvalue weighted by molar-refractivity contribution is 0.245. The van der Waals surface area contributed by atoms with Crippen molar-refractivity contribution in [3.05, 3.63) is 24.0 Å². The molecule has 0 aliphatic carbocycles. The highest BCUT2D eigenvalue weighted by Crippen LogP contribution is 2.03. The number of pyridine rings is 1. The van der Waals surface area contributed by atoms with E-state index in [9.17, 15) is 0 Å². The molecule has 0 spiro atoms. The van der Waals surface area contributed by atoms with Crippen molar-refractivity contribution in [2.24, 2.45) is 0 Å². The zero-order chi connectivity index (χ0) is 14.8. The average molecular weight is 278 g/mol. The highest BCUT2D eigenvalue weighted by molar-refractivity contribution is 5.34. The number of aromatic nitrogens is 1. The second kappa shape index (κ2) is 9.72. The van der Waals surface area contributed by atoms with Gasteiger partial charge in [-0.2, -0.15) is 0 Å². The Morgan fingerprint density at radius 1 is 0.950 bits per heavy atom. The Hall–Kier alpha value is -1.13. The molecule has 0 saturated carbocycles.